The van der Waals surface area contributed by atoms with Crippen molar-refractivity contribution in [3.8, 4) is 5.75 Å². The van der Waals surface area contributed by atoms with Crippen LogP contribution < -0.4 is 5.73 Å². The molecule has 0 aliphatic carbocycles. The van der Waals surface area contributed by atoms with E-state index in [0.29, 0.717) is 17.0 Å². The van der Waals surface area contributed by atoms with Gasteiger partial charge in [0, 0.05) is 23.1 Å². The number of benzene rings is 1. The van der Waals surface area contributed by atoms with Crippen molar-refractivity contribution in [1.29, 1.82) is 0 Å². The van der Waals surface area contributed by atoms with Gasteiger partial charge in [0.2, 0.25) is 0 Å². The van der Waals surface area contributed by atoms with E-state index >= 15 is 0 Å². The quantitative estimate of drug-likeness (QED) is 0.768. The lowest BCUT2D eigenvalue weighted by molar-refractivity contribution is -0.137. The average Bonchev–Trinajstić information content (AvgIpc) is 2.41. The number of aliphatic carboxylic acids is 1. The molecule has 1 aromatic heterocycles. The number of rotatable bonds is 5. The molecule has 100 valence electrons. The molecule has 0 aliphatic rings. The number of carbonyl (C=O) groups is 1. The fraction of sp³-hybridized carbons (Fsp3) is 0.231. The number of hydrogen-bond donors (Lipinski definition) is 3. The highest BCUT2D eigenvalue weighted by Crippen LogP contribution is 2.27. The molecule has 0 spiro atoms. The first-order valence-electron chi connectivity index (χ1n) is 5.71. The van der Waals surface area contributed by atoms with E-state index < -0.39 is 12.0 Å². The van der Waals surface area contributed by atoms with Crippen LogP contribution in [0, 0.1) is 0 Å². The maximum Gasteiger partial charge on any atom is 0.321 e. The van der Waals surface area contributed by atoms with Gasteiger partial charge in [0.15, 0.2) is 0 Å². The van der Waals surface area contributed by atoms with E-state index in [0.717, 1.165) is 10.9 Å². The smallest absolute Gasteiger partial charge is 0.321 e. The average molecular weight is 278 g/mol. The molecule has 4 N–H and O–H groups in total. The van der Waals surface area contributed by atoms with Gasteiger partial charge in [-0.1, -0.05) is 12.1 Å². The number of hydrogen-bond acceptors (Lipinski definition) is 5. The molecule has 1 atom stereocenters. The Kier molecular flexibility index (Phi) is 4.24. The van der Waals surface area contributed by atoms with Gasteiger partial charge < -0.3 is 15.9 Å². The largest absolute Gasteiger partial charge is 0.506 e. The second kappa shape index (κ2) is 5.90. The van der Waals surface area contributed by atoms with Gasteiger partial charge in [0.1, 0.15) is 17.3 Å². The third-order valence-corrected chi connectivity index (χ3v) is 3.82. The van der Waals surface area contributed by atoms with Crippen molar-refractivity contribution in [2.24, 2.45) is 5.73 Å². The minimum Gasteiger partial charge on any atom is -0.506 e. The number of fused-ring (bicyclic) bond motifs is 1. The summed E-state index contributed by atoms with van der Waals surface area (Å²) < 4.78 is 0. The lowest BCUT2D eigenvalue weighted by Gasteiger charge is -2.09. The molecule has 0 saturated carbocycles. The third kappa shape index (κ3) is 3.15. The summed E-state index contributed by atoms with van der Waals surface area (Å²) in [6, 6.07) is 6.25. The summed E-state index contributed by atoms with van der Waals surface area (Å²) in [7, 11) is 0. The number of nitrogens with two attached hydrogens (primary N) is 1. The van der Waals surface area contributed by atoms with E-state index in [1.54, 1.807) is 18.3 Å². The number of aromatic hydroxyl groups is 1. The SMILES string of the molecule is N[C@@H](CSCc1ccc(O)c2ncccc12)C(=O)O. The van der Waals surface area contributed by atoms with Crippen LogP contribution >= 0.6 is 11.8 Å². The monoisotopic (exact) mass is 278 g/mol. The maximum absolute atomic E-state index is 10.6. The first kappa shape index (κ1) is 13.6. The lowest BCUT2D eigenvalue weighted by atomic mass is 10.1. The molecule has 5 nitrogen and oxygen atoms in total. The summed E-state index contributed by atoms with van der Waals surface area (Å²) in [4.78, 5) is 14.8. The van der Waals surface area contributed by atoms with Crippen molar-refractivity contribution in [3.63, 3.8) is 0 Å². The summed E-state index contributed by atoms with van der Waals surface area (Å²) in [6.07, 6.45) is 1.62. The number of carboxylic acid groups (broad SMARTS) is 1. The molecular weight excluding hydrogens is 264 g/mol. The molecule has 0 fully saturated rings. The van der Waals surface area contributed by atoms with Gasteiger partial charge in [0.05, 0.1) is 0 Å². The molecule has 0 amide bonds. The Morgan fingerprint density at radius 3 is 2.95 bits per heavy atom. The van der Waals surface area contributed by atoms with Crippen LogP contribution in [0.15, 0.2) is 30.5 Å². The number of thioether (sulfide) groups is 1. The van der Waals surface area contributed by atoms with Gasteiger partial charge in [-0.2, -0.15) is 11.8 Å². The zero-order valence-corrected chi connectivity index (χ0v) is 10.9. The number of carboxylic acids is 1. The van der Waals surface area contributed by atoms with Crippen LogP contribution in [-0.2, 0) is 10.5 Å². The second-order valence-corrected chi connectivity index (χ2v) is 5.13. The molecule has 19 heavy (non-hydrogen) atoms. The van der Waals surface area contributed by atoms with E-state index in [-0.39, 0.29) is 5.75 Å². The molecule has 2 aromatic rings. The van der Waals surface area contributed by atoms with Gasteiger partial charge in [0.25, 0.3) is 0 Å². The highest BCUT2D eigenvalue weighted by Gasteiger charge is 2.12. The van der Waals surface area contributed by atoms with Gasteiger partial charge in [-0.3, -0.25) is 9.78 Å². The fourth-order valence-electron chi connectivity index (χ4n) is 1.71. The van der Waals surface area contributed by atoms with Crippen LogP contribution in [-0.4, -0.2) is 33.0 Å². The van der Waals surface area contributed by atoms with Crippen LogP contribution in [0.5, 0.6) is 5.75 Å². The van der Waals surface area contributed by atoms with Crippen molar-refractivity contribution >= 4 is 28.6 Å². The molecule has 6 heteroatoms. The molecule has 0 unspecified atom stereocenters. The second-order valence-electron chi connectivity index (χ2n) is 4.10. The van der Waals surface area contributed by atoms with Crippen LogP contribution in [0.25, 0.3) is 10.9 Å². The van der Waals surface area contributed by atoms with Gasteiger partial charge >= 0.3 is 5.97 Å². The van der Waals surface area contributed by atoms with E-state index in [1.807, 2.05) is 12.1 Å². The first-order valence-corrected chi connectivity index (χ1v) is 6.87. The maximum atomic E-state index is 10.6. The Morgan fingerprint density at radius 1 is 1.42 bits per heavy atom. The molecule has 1 heterocycles. The van der Waals surface area contributed by atoms with Crippen LogP contribution in [0.1, 0.15) is 5.56 Å². The molecule has 2 rings (SSSR count). The topological polar surface area (TPSA) is 96.4 Å². The number of pyridine rings is 1. The molecule has 0 bridgehead atoms. The molecule has 0 radical (unpaired) electrons. The molecule has 0 aliphatic heterocycles. The normalized spacial score (nSPS) is 12.5. The first-order chi connectivity index (χ1) is 9.09. The number of phenols is 1. The lowest BCUT2D eigenvalue weighted by Crippen LogP contribution is -2.32. The molecule has 1 aromatic carbocycles. The fourth-order valence-corrected chi connectivity index (χ4v) is 2.70. The van der Waals surface area contributed by atoms with Gasteiger partial charge in [-0.15, -0.1) is 0 Å². The predicted molar refractivity (Wildman–Crippen MR) is 75.2 cm³/mol. The van der Waals surface area contributed by atoms with Crippen molar-refractivity contribution in [3.05, 3.63) is 36.0 Å². The minimum absolute atomic E-state index is 0.145. The summed E-state index contributed by atoms with van der Waals surface area (Å²) in [5.41, 5.74) is 7.01. The van der Waals surface area contributed by atoms with Gasteiger partial charge in [-0.25, -0.2) is 0 Å². The zero-order valence-electron chi connectivity index (χ0n) is 10.1. The highest BCUT2D eigenvalue weighted by molar-refractivity contribution is 7.98. The number of nitrogens with zero attached hydrogens (tertiary/aromatic N) is 1. The van der Waals surface area contributed by atoms with Crippen LogP contribution in [0.2, 0.25) is 0 Å². The van der Waals surface area contributed by atoms with Crippen LogP contribution in [0.3, 0.4) is 0 Å². The predicted octanol–water partition coefficient (Wildman–Crippen LogP) is 1.59. The number of phenolic OH excluding ortho intramolecular Hbond substituents is 1. The van der Waals surface area contributed by atoms with E-state index in [4.69, 9.17) is 10.8 Å². The summed E-state index contributed by atoms with van der Waals surface area (Å²) in [5, 5.41) is 19.3. The zero-order chi connectivity index (χ0) is 13.8. The summed E-state index contributed by atoms with van der Waals surface area (Å²) in [6.45, 7) is 0. The van der Waals surface area contributed by atoms with Crippen molar-refractivity contribution in [2.75, 3.05) is 5.75 Å². The molecular formula is C13H14N2O3S. The van der Waals surface area contributed by atoms with Crippen molar-refractivity contribution < 1.29 is 15.0 Å². The summed E-state index contributed by atoms with van der Waals surface area (Å²) in [5.74, 6) is 0.123. The standard InChI is InChI=1S/C13H14N2O3S/c14-10(13(17)18)7-19-6-8-3-4-11(16)12-9(8)2-1-5-15-12/h1-5,10,16H,6-7,14H2,(H,17,18)/t10-/m0/s1. The van der Waals surface area contributed by atoms with E-state index in [2.05, 4.69) is 4.98 Å². The molecule has 0 saturated heterocycles. The third-order valence-electron chi connectivity index (χ3n) is 2.71. The Bertz CT molecular complexity index is 603. The Labute approximate surface area is 114 Å². The van der Waals surface area contributed by atoms with E-state index in [1.165, 1.54) is 11.8 Å². The summed E-state index contributed by atoms with van der Waals surface area (Å²) >= 11 is 1.45. The van der Waals surface area contributed by atoms with E-state index in [9.17, 15) is 9.90 Å². The van der Waals surface area contributed by atoms with Crippen LogP contribution in [0.4, 0.5) is 0 Å². The Balaban J connectivity index is 2.13. The Hall–Kier alpha value is -1.79. The number of aromatic nitrogens is 1. The van der Waals surface area contributed by atoms with Gasteiger partial charge in [-0.05, 0) is 17.7 Å². The minimum atomic E-state index is -0.996. The van der Waals surface area contributed by atoms with Crippen molar-refractivity contribution in [1.82, 2.24) is 4.98 Å². The van der Waals surface area contributed by atoms with Crippen molar-refractivity contribution in [2.45, 2.75) is 11.8 Å². The Morgan fingerprint density at radius 2 is 2.21 bits per heavy atom. The highest BCUT2D eigenvalue weighted by atomic mass is 32.2.